The summed E-state index contributed by atoms with van der Waals surface area (Å²) in [6.45, 7) is 4.47. The van der Waals surface area contributed by atoms with Crippen LogP contribution in [0.2, 0.25) is 0 Å². The first-order valence-electron chi connectivity index (χ1n) is 7.75. The van der Waals surface area contributed by atoms with Gasteiger partial charge in [0.05, 0.1) is 5.41 Å². The predicted octanol–water partition coefficient (Wildman–Crippen LogP) is 2.11. The molecule has 0 saturated carbocycles. The molecule has 1 aliphatic heterocycles. The van der Waals surface area contributed by atoms with E-state index < -0.39 is 17.4 Å². The maximum atomic E-state index is 13.0. The van der Waals surface area contributed by atoms with Crippen LogP contribution in [-0.4, -0.2) is 46.5 Å². The monoisotopic (exact) mass is 336 g/mol. The molecule has 1 heterocycles. The van der Waals surface area contributed by atoms with Crippen LogP contribution in [0.25, 0.3) is 0 Å². The summed E-state index contributed by atoms with van der Waals surface area (Å²) in [5.74, 6) is 0.194. The van der Waals surface area contributed by atoms with Gasteiger partial charge >= 0.3 is 0 Å². The molecule has 0 bridgehead atoms. The molecule has 1 aromatic rings. The van der Waals surface area contributed by atoms with Crippen LogP contribution in [0.15, 0.2) is 24.3 Å². The molecule has 126 valence electrons. The molecular formula is C17H24N2O3S. The van der Waals surface area contributed by atoms with Crippen molar-refractivity contribution in [3.05, 3.63) is 35.4 Å². The SMILES string of the molecule is CSCCC(C(=O)NO)N1CCC(C)(c2ccc(C)cc2)C1=O. The van der Waals surface area contributed by atoms with Gasteiger partial charge in [0.1, 0.15) is 6.04 Å². The molecule has 1 saturated heterocycles. The molecular weight excluding hydrogens is 312 g/mol. The van der Waals surface area contributed by atoms with Crippen molar-refractivity contribution < 1.29 is 14.8 Å². The van der Waals surface area contributed by atoms with Crippen LogP contribution in [0.3, 0.4) is 0 Å². The molecule has 0 spiro atoms. The Hall–Kier alpha value is -1.53. The quantitative estimate of drug-likeness (QED) is 0.617. The second-order valence-electron chi connectivity index (χ2n) is 6.22. The van der Waals surface area contributed by atoms with Gasteiger partial charge < -0.3 is 4.90 Å². The Kier molecular flexibility index (Phi) is 5.70. The Bertz CT molecular complexity index is 576. The van der Waals surface area contributed by atoms with Gasteiger partial charge in [-0.1, -0.05) is 29.8 Å². The number of aryl methyl sites for hydroxylation is 1. The average Bonchev–Trinajstić information content (AvgIpc) is 2.85. The molecule has 1 fully saturated rings. The molecule has 1 aliphatic rings. The summed E-state index contributed by atoms with van der Waals surface area (Å²) in [6.07, 6.45) is 3.16. The first kappa shape index (κ1) is 17.8. The van der Waals surface area contributed by atoms with Gasteiger partial charge in [0.2, 0.25) is 5.91 Å². The number of hydroxylamine groups is 1. The van der Waals surface area contributed by atoms with E-state index in [0.717, 1.165) is 16.9 Å². The Morgan fingerprint density at radius 3 is 2.65 bits per heavy atom. The number of amides is 2. The lowest BCUT2D eigenvalue weighted by atomic mass is 9.81. The second kappa shape index (κ2) is 7.36. The summed E-state index contributed by atoms with van der Waals surface area (Å²) in [4.78, 5) is 26.6. The number of likely N-dealkylation sites (tertiary alicyclic amines) is 1. The fraction of sp³-hybridized carbons (Fsp3) is 0.529. The Labute approximate surface area is 141 Å². The van der Waals surface area contributed by atoms with Crippen LogP contribution in [0.1, 0.15) is 30.9 Å². The normalized spacial score (nSPS) is 22.3. The van der Waals surface area contributed by atoms with E-state index in [9.17, 15) is 9.59 Å². The summed E-state index contributed by atoms with van der Waals surface area (Å²) >= 11 is 1.62. The van der Waals surface area contributed by atoms with Gasteiger partial charge in [-0.2, -0.15) is 11.8 Å². The highest BCUT2D eigenvalue weighted by Crippen LogP contribution is 2.37. The van der Waals surface area contributed by atoms with Crippen molar-refractivity contribution in [2.45, 2.75) is 38.1 Å². The van der Waals surface area contributed by atoms with E-state index >= 15 is 0 Å². The van der Waals surface area contributed by atoms with Crippen molar-refractivity contribution in [1.29, 1.82) is 0 Å². The van der Waals surface area contributed by atoms with Gasteiger partial charge in [-0.3, -0.25) is 14.8 Å². The number of nitrogens with zero attached hydrogens (tertiary/aromatic N) is 1. The molecule has 0 radical (unpaired) electrons. The number of carbonyl (C=O) groups is 2. The Morgan fingerprint density at radius 1 is 1.43 bits per heavy atom. The van der Waals surface area contributed by atoms with Crippen LogP contribution >= 0.6 is 11.8 Å². The summed E-state index contributed by atoms with van der Waals surface area (Å²) in [5.41, 5.74) is 3.22. The van der Waals surface area contributed by atoms with Crippen LogP contribution < -0.4 is 5.48 Å². The van der Waals surface area contributed by atoms with E-state index in [2.05, 4.69) is 0 Å². The van der Waals surface area contributed by atoms with Gasteiger partial charge in [-0.05, 0) is 44.3 Å². The summed E-state index contributed by atoms with van der Waals surface area (Å²) in [5, 5.41) is 8.98. The molecule has 2 rings (SSSR count). The van der Waals surface area contributed by atoms with Gasteiger partial charge in [-0.15, -0.1) is 0 Å². The number of thioether (sulfide) groups is 1. The maximum absolute atomic E-state index is 13.0. The molecule has 0 aromatic heterocycles. The summed E-state index contributed by atoms with van der Waals surface area (Å²) in [6, 6.07) is 7.36. The third-order valence-corrected chi connectivity index (χ3v) is 5.30. The lowest BCUT2D eigenvalue weighted by molar-refractivity contribution is -0.143. The van der Waals surface area contributed by atoms with Gasteiger partial charge in [0.25, 0.3) is 5.91 Å². The highest BCUT2D eigenvalue weighted by Gasteiger charge is 2.47. The number of nitrogens with one attached hydrogen (secondary N) is 1. The molecule has 0 aliphatic carbocycles. The lowest BCUT2D eigenvalue weighted by Gasteiger charge is -2.29. The fourth-order valence-electron chi connectivity index (χ4n) is 3.09. The minimum atomic E-state index is -0.618. The topological polar surface area (TPSA) is 69.6 Å². The van der Waals surface area contributed by atoms with Crippen LogP contribution in [0.4, 0.5) is 0 Å². The zero-order chi connectivity index (χ0) is 17.0. The van der Waals surface area contributed by atoms with Crippen LogP contribution in [0, 0.1) is 6.92 Å². The number of rotatable bonds is 6. The molecule has 1 aromatic carbocycles. The second-order valence-corrected chi connectivity index (χ2v) is 7.21. The zero-order valence-corrected chi connectivity index (χ0v) is 14.7. The minimum absolute atomic E-state index is 0.0453. The highest BCUT2D eigenvalue weighted by atomic mass is 32.2. The fourth-order valence-corrected chi connectivity index (χ4v) is 3.55. The third kappa shape index (κ3) is 3.53. The predicted molar refractivity (Wildman–Crippen MR) is 91.6 cm³/mol. The van der Waals surface area contributed by atoms with Crippen molar-refractivity contribution in [2.24, 2.45) is 0 Å². The van der Waals surface area contributed by atoms with Crippen molar-refractivity contribution >= 4 is 23.6 Å². The van der Waals surface area contributed by atoms with Crippen molar-refractivity contribution in [3.63, 3.8) is 0 Å². The first-order chi connectivity index (χ1) is 10.9. The highest BCUT2D eigenvalue weighted by molar-refractivity contribution is 7.98. The Morgan fingerprint density at radius 2 is 2.09 bits per heavy atom. The largest absolute Gasteiger partial charge is 0.330 e. The molecule has 2 N–H and O–H groups in total. The molecule has 23 heavy (non-hydrogen) atoms. The van der Waals surface area contributed by atoms with Crippen molar-refractivity contribution in [3.8, 4) is 0 Å². The number of benzene rings is 1. The van der Waals surface area contributed by atoms with E-state index in [4.69, 9.17) is 5.21 Å². The molecule has 6 heteroatoms. The van der Waals surface area contributed by atoms with Crippen molar-refractivity contribution in [1.82, 2.24) is 10.4 Å². The zero-order valence-electron chi connectivity index (χ0n) is 13.8. The van der Waals surface area contributed by atoms with E-state index in [1.165, 1.54) is 0 Å². The third-order valence-electron chi connectivity index (χ3n) is 4.66. The number of hydrogen-bond donors (Lipinski definition) is 2. The van der Waals surface area contributed by atoms with Gasteiger partial charge in [0.15, 0.2) is 0 Å². The van der Waals surface area contributed by atoms with Gasteiger partial charge in [-0.25, -0.2) is 5.48 Å². The number of carbonyl (C=O) groups excluding carboxylic acids is 2. The van der Waals surface area contributed by atoms with E-state index in [1.807, 2.05) is 44.4 Å². The van der Waals surface area contributed by atoms with E-state index in [0.29, 0.717) is 19.4 Å². The molecule has 2 atom stereocenters. The summed E-state index contributed by atoms with van der Waals surface area (Å²) < 4.78 is 0. The first-order valence-corrected chi connectivity index (χ1v) is 9.14. The average molecular weight is 336 g/mol. The Balaban J connectivity index is 2.24. The summed E-state index contributed by atoms with van der Waals surface area (Å²) in [7, 11) is 0. The number of hydrogen-bond acceptors (Lipinski definition) is 4. The van der Waals surface area contributed by atoms with Gasteiger partial charge in [0, 0.05) is 6.54 Å². The lowest BCUT2D eigenvalue weighted by Crippen LogP contribution is -2.49. The van der Waals surface area contributed by atoms with E-state index in [-0.39, 0.29) is 5.91 Å². The van der Waals surface area contributed by atoms with Crippen molar-refractivity contribution in [2.75, 3.05) is 18.6 Å². The molecule has 2 amide bonds. The van der Waals surface area contributed by atoms with Crippen LogP contribution in [0.5, 0.6) is 0 Å². The van der Waals surface area contributed by atoms with Crippen LogP contribution in [-0.2, 0) is 15.0 Å². The standard InChI is InChI=1S/C17H24N2O3S/c1-12-4-6-13(7-5-12)17(2)9-10-19(16(17)21)14(8-11-23-3)15(20)18-22/h4-7,14,22H,8-11H2,1-3H3,(H,18,20). The smallest absolute Gasteiger partial charge is 0.266 e. The molecule has 2 unspecified atom stereocenters. The minimum Gasteiger partial charge on any atom is -0.330 e. The van der Waals surface area contributed by atoms with E-state index in [1.54, 1.807) is 22.1 Å². The molecule has 5 nitrogen and oxygen atoms in total. The maximum Gasteiger partial charge on any atom is 0.266 e.